The highest BCUT2D eigenvalue weighted by Crippen LogP contribution is 2.65. The molecule has 2 aromatic rings. The minimum absolute atomic E-state index is 0.00991. The van der Waals surface area contributed by atoms with Gasteiger partial charge in [-0.05, 0) is 93.9 Å². The minimum Gasteiger partial charge on any atom is -0.361 e. The number of alkyl halides is 2. The third-order valence-electron chi connectivity index (χ3n) is 8.93. The summed E-state index contributed by atoms with van der Waals surface area (Å²) >= 11 is 0. The molecule has 3 aliphatic rings. The van der Waals surface area contributed by atoms with Gasteiger partial charge in [-0.3, -0.25) is 0 Å². The normalized spacial score (nSPS) is 23.1. The fourth-order valence-electron chi connectivity index (χ4n) is 6.55. The van der Waals surface area contributed by atoms with Gasteiger partial charge < -0.3 is 15.0 Å². The maximum absolute atomic E-state index is 13.7. The summed E-state index contributed by atoms with van der Waals surface area (Å²) < 4.78 is 52.0. The van der Waals surface area contributed by atoms with Crippen LogP contribution in [0.3, 0.4) is 0 Å². The number of fused-ring (bicyclic) bond motifs is 1. The first-order chi connectivity index (χ1) is 18.5. The van der Waals surface area contributed by atoms with Crippen LogP contribution >= 0.6 is 0 Å². The Morgan fingerprint density at radius 1 is 1.23 bits per heavy atom. The van der Waals surface area contributed by atoms with Crippen LogP contribution in [0.1, 0.15) is 89.2 Å². The number of nitrogens with two attached hydrogens (primary N) is 1. The van der Waals surface area contributed by atoms with Gasteiger partial charge in [0.2, 0.25) is 5.92 Å². The Balaban J connectivity index is 1.43. The molecule has 3 atom stereocenters. The number of nitrogens with one attached hydrogen (secondary N) is 1. The van der Waals surface area contributed by atoms with Crippen LogP contribution in [0.15, 0.2) is 18.2 Å². The van der Waals surface area contributed by atoms with E-state index in [4.69, 9.17) is 15.5 Å². The summed E-state index contributed by atoms with van der Waals surface area (Å²) in [7, 11) is -2.57. The molecular weight excluding hydrogens is 547 g/mol. The lowest BCUT2D eigenvalue weighted by Gasteiger charge is -2.58. The van der Waals surface area contributed by atoms with Crippen LogP contribution in [0, 0.1) is 17.3 Å². The van der Waals surface area contributed by atoms with Gasteiger partial charge in [0.25, 0.3) is 0 Å². The van der Waals surface area contributed by atoms with Crippen molar-refractivity contribution in [3.05, 3.63) is 29.6 Å². The van der Waals surface area contributed by atoms with E-state index in [0.717, 1.165) is 41.3 Å². The van der Waals surface area contributed by atoms with Crippen molar-refractivity contribution in [3.63, 3.8) is 0 Å². The largest absolute Gasteiger partial charge is 0.361 e. The number of hydrogen-bond acceptors (Lipinski definition) is 4. The molecule has 0 unspecified atom stereocenters. The van der Waals surface area contributed by atoms with Gasteiger partial charge in [-0.2, -0.15) is 0 Å². The van der Waals surface area contributed by atoms with Crippen LogP contribution < -0.4 is 10.5 Å². The van der Waals surface area contributed by atoms with E-state index in [-0.39, 0.29) is 30.3 Å². The Hall–Kier alpha value is -1.20. The molecule has 0 bridgehead atoms. The van der Waals surface area contributed by atoms with Gasteiger partial charge in [0.1, 0.15) is 12.6 Å². The van der Waals surface area contributed by atoms with E-state index in [1.807, 2.05) is 20.8 Å². The molecule has 40 heavy (non-hydrogen) atoms. The van der Waals surface area contributed by atoms with Crippen LogP contribution in [-0.4, -0.2) is 39.1 Å². The first-order valence-corrected chi connectivity index (χ1v) is 19.8. The summed E-state index contributed by atoms with van der Waals surface area (Å²) in [5.41, 5.74) is 9.29. The monoisotopic (exact) mass is 594 g/mol. The molecule has 1 spiro atoms. The summed E-state index contributed by atoms with van der Waals surface area (Å²) in [6.07, 6.45) is 4.67. The third-order valence-corrected chi connectivity index (χ3v) is 12.2. The van der Waals surface area contributed by atoms with E-state index in [1.165, 1.54) is 12.8 Å². The van der Waals surface area contributed by atoms with Gasteiger partial charge in [-0.1, -0.05) is 25.7 Å². The van der Waals surface area contributed by atoms with E-state index in [1.54, 1.807) is 0 Å². The molecule has 0 radical (unpaired) electrons. The highest BCUT2D eigenvalue weighted by molar-refractivity contribution is 7.84. The molecule has 1 heterocycles. The second kappa shape index (κ2) is 10.8. The zero-order valence-electron chi connectivity index (χ0n) is 25.1. The molecule has 0 aliphatic heterocycles. The third kappa shape index (κ3) is 6.88. The number of halogens is 2. The Morgan fingerprint density at radius 3 is 2.48 bits per heavy atom. The summed E-state index contributed by atoms with van der Waals surface area (Å²) in [5, 5.41) is 0. The van der Waals surface area contributed by atoms with Crippen LogP contribution in [0.5, 0.6) is 0 Å². The van der Waals surface area contributed by atoms with Crippen molar-refractivity contribution in [2.45, 2.75) is 121 Å². The van der Waals surface area contributed by atoms with E-state index in [9.17, 15) is 13.0 Å². The Kier molecular flexibility index (Phi) is 8.18. The summed E-state index contributed by atoms with van der Waals surface area (Å²) in [6, 6.07) is 7.11. The highest BCUT2D eigenvalue weighted by Gasteiger charge is 2.61. The van der Waals surface area contributed by atoms with Crippen molar-refractivity contribution in [2.75, 3.05) is 6.61 Å². The van der Waals surface area contributed by atoms with Crippen molar-refractivity contribution in [1.29, 1.82) is 0 Å². The van der Waals surface area contributed by atoms with Crippen LogP contribution in [0.2, 0.25) is 25.7 Å². The predicted octanol–water partition coefficient (Wildman–Crippen LogP) is 7.07. The molecule has 5 rings (SSSR count). The van der Waals surface area contributed by atoms with Gasteiger partial charge in [0.15, 0.2) is 0 Å². The number of benzene rings is 1. The number of rotatable bonds is 12. The molecule has 224 valence electrons. The number of hydrogen-bond donors (Lipinski definition) is 2. The van der Waals surface area contributed by atoms with Crippen molar-refractivity contribution in [3.8, 4) is 0 Å². The highest BCUT2D eigenvalue weighted by atomic mass is 32.2. The van der Waals surface area contributed by atoms with Crippen molar-refractivity contribution < 1.29 is 17.7 Å². The fourth-order valence-corrected chi connectivity index (χ4v) is 8.12. The zero-order chi connectivity index (χ0) is 29.1. The Bertz CT molecular complexity index is 1230. The zero-order valence-corrected chi connectivity index (χ0v) is 26.9. The Morgan fingerprint density at radius 2 is 1.90 bits per heavy atom. The molecule has 3 fully saturated rings. The lowest BCUT2D eigenvalue weighted by Crippen LogP contribution is -2.54. The molecule has 1 aromatic carbocycles. The number of imidazole rings is 1. The van der Waals surface area contributed by atoms with E-state index in [2.05, 4.69) is 47.1 Å². The van der Waals surface area contributed by atoms with Crippen LogP contribution in [0.4, 0.5) is 8.78 Å². The number of nitrogens with zero attached hydrogens (tertiary/aromatic N) is 2. The van der Waals surface area contributed by atoms with Crippen molar-refractivity contribution in [2.24, 2.45) is 23.0 Å². The Labute approximate surface area is 241 Å². The summed E-state index contributed by atoms with van der Waals surface area (Å²) in [4.78, 5) is 5.12. The number of ether oxygens (including phenoxy) is 1. The predicted molar refractivity (Wildman–Crippen MR) is 161 cm³/mol. The molecule has 3 saturated carbocycles. The first-order valence-electron chi connectivity index (χ1n) is 14.9. The lowest BCUT2D eigenvalue weighted by molar-refractivity contribution is -0.207. The maximum Gasteiger partial charge on any atom is 0.249 e. The minimum atomic E-state index is -2.50. The van der Waals surface area contributed by atoms with Gasteiger partial charge >= 0.3 is 0 Å². The molecule has 1 aromatic heterocycles. The van der Waals surface area contributed by atoms with E-state index >= 15 is 0 Å². The van der Waals surface area contributed by atoms with Crippen LogP contribution in [-0.2, 0) is 22.5 Å². The number of aromatic nitrogens is 2. The molecule has 0 saturated heterocycles. The molecule has 3 N–H and O–H groups in total. The first kappa shape index (κ1) is 30.3. The molecule has 10 heteroatoms. The van der Waals surface area contributed by atoms with Crippen molar-refractivity contribution >= 4 is 30.1 Å². The van der Waals surface area contributed by atoms with E-state index < -0.39 is 29.7 Å². The van der Waals surface area contributed by atoms with Gasteiger partial charge in [-0.15, -0.1) is 0 Å². The topological polar surface area (TPSA) is 82.2 Å². The fraction of sp³-hybridized carbons (Fsp3) is 0.767. The SMILES string of the molecule is CC(C)(C)[S@@](=O)N[C@@H](CC1CC2(C1)CC(F)(F)C2)c1nc2cc([C@H](N)C3CC3)ccc2n1COCC[Si](C)(C)C. The standard InChI is InChI=1S/C30H48F2N4O2SSi/c1-28(2,3)39(37)35-24(13-20-15-29(16-20)17-30(31,32)18-29)27-34-23-14-22(26(33)21-7-8-21)9-10-25(23)36(27)19-38-11-12-40(4,5)6/h9-10,14,20-21,24,26,35H,7-8,11-13,15-19,33H2,1-6H3/t24-,26+,39+/m0/s1. The van der Waals surface area contributed by atoms with Gasteiger partial charge in [-0.25, -0.2) is 22.7 Å². The second-order valence-electron chi connectivity index (χ2n) is 15.1. The molecule has 6 nitrogen and oxygen atoms in total. The second-order valence-corrected chi connectivity index (χ2v) is 22.7. The van der Waals surface area contributed by atoms with Gasteiger partial charge in [0.05, 0.1) is 32.8 Å². The van der Waals surface area contributed by atoms with Gasteiger partial charge in [0, 0.05) is 33.6 Å². The quantitative estimate of drug-likeness (QED) is 0.203. The van der Waals surface area contributed by atoms with E-state index in [0.29, 0.717) is 31.6 Å². The molecule has 3 aliphatic carbocycles. The van der Waals surface area contributed by atoms with Crippen LogP contribution in [0.25, 0.3) is 11.0 Å². The average molecular weight is 595 g/mol. The van der Waals surface area contributed by atoms with Crippen molar-refractivity contribution in [1.82, 2.24) is 14.3 Å². The maximum atomic E-state index is 13.7. The average Bonchev–Trinajstić information content (AvgIpc) is 3.58. The molecular formula is C30H48F2N4O2SSi. The molecule has 0 amide bonds. The summed E-state index contributed by atoms with van der Waals surface area (Å²) in [5.74, 6) is -0.864. The lowest BCUT2D eigenvalue weighted by atomic mass is 9.49. The summed E-state index contributed by atoms with van der Waals surface area (Å²) in [6.45, 7) is 13.9. The smallest absolute Gasteiger partial charge is 0.249 e.